The van der Waals surface area contributed by atoms with Gasteiger partial charge in [-0.1, -0.05) is 29.5 Å². The Morgan fingerprint density at radius 3 is 2.75 bits per heavy atom. The van der Waals surface area contributed by atoms with E-state index in [-0.39, 0.29) is 11.5 Å². The Labute approximate surface area is 99.1 Å². The number of aryl methyl sites for hydroxylation is 1. The third-order valence-corrected chi connectivity index (χ3v) is 5.26. The zero-order chi connectivity index (χ0) is 12.1. The second kappa shape index (κ2) is 5.65. The molecule has 1 aromatic rings. The normalized spacial score (nSPS) is 12.7. The number of methoxy groups -OCH3 is 1. The first kappa shape index (κ1) is 12.7. The lowest BCUT2D eigenvalue weighted by atomic mass is 10.1. The van der Waals surface area contributed by atoms with E-state index in [0.29, 0.717) is 0 Å². The average Bonchev–Trinajstić information content (AvgIpc) is 2.30. The molecule has 0 bridgehead atoms. The van der Waals surface area contributed by atoms with Crippen molar-refractivity contribution < 1.29 is 9.53 Å². The molecule has 2 nitrogen and oxygen atoms in total. The lowest BCUT2D eigenvalue weighted by molar-refractivity contribution is -0.139. The van der Waals surface area contributed by atoms with Crippen molar-refractivity contribution in [2.45, 2.75) is 19.4 Å². The predicted octanol–water partition coefficient (Wildman–Crippen LogP) is 1.25. The van der Waals surface area contributed by atoms with Crippen molar-refractivity contribution in [3.8, 4) is 0 Å². The van der Waals surface area contributed by atoms with E-state index < -0.39 is 9.52 Å². The van der Waals surface area contributed by atoms with Gasteiger partial charge < -0.3 is 4.74 Å². The Hall–Kier alpha value is -1.35. The molecule has 3 heteroatoms. The largest absolute Gasteiger partial charge is 0.469 e. The number of carbonyl (C=O) groups excluding carboxylic acids is 1. The van der Waals surface area contributed by atoms with Crippen LogP contribution < -0.4 is 5.19 Å². The maximum atomic E-state index is 11.5. The summed E-state index contributed by atoms with van der Waals surface area (Å²) in [4.78, 5) is 11.5. The van der Waals surface area contributed by atoms with Crippen molar-refractivity contribution in [3.63, 3.8) is 0 Å². The lowest BCUT2D eigenvalue weighted by Gasteiger charge is -2.12. The predicted molar refractivity (Wildman–Crippen MR) is 70.1 cm³/mol. The summed E-state index contributed by atoms with van der Waals surface area (Å²) in [5.41, 5.74) is 2.45. The first-order valence-corrected chi connectivity index (χ1v) is 6.88. The van der Waals surface area contributed by atoms with Gasteiger partial charge in [0.2, 0.25) is 0 Å². The van der Waals surface area contributed by atoms with E-state index in [1.54, 1.807) is 6.08 Å². The van der Waals surface area contributed by atoms with Gasteiger partial charge in [0.1, 0.15) is 0 Å². The van der Waals surface area contributed by atoms with Crippen molar-refractivity contribution in [1.82, 2.24) is 0 Å². The smallest absolute Gasteiger partial charge is 0.309 e. The van der Waals surface area contributed by atoms with E-state index in [9.17, 15) is 4.79 Å². The van der Waals surface area contributed by atoms with E-state index in [4.69, 9.17) is 4.74 Å². The molecule has 0 heterocycles. The van der Waals surface area contributed by atoms with Crippen molar-refractivity contribution in [3.05, 3.63) is 42.0 Å². The summed E-state index contributed by atoms with van der Waals surface area (Å²) in [6.45, 7) is 7.91. The second-order valence-electron chi connectivity index (χ2n) is 3.93. The molecule has 16 heavy (non-hydrogen) atoms. The van der Waals surface area contributed by atoms with Gasteiger partial charge in [0, 0.05) is 0 Å². The first-order valence-electron chi connectivity index (χ1n) is 5.35. The molecule has 1 atom stereocenters. The highest BCUT2D eigenvalue weighted by Crippen LogP contribution is 2.09. The Kier molecular flexibility index (Phi) is 4.49. The summed E-state index contributed by atoms with van der Waals surface area (Å²) in [5.74, 6) is -0.164. The van der Waals surface area contributed by atoms with Crippen molar-refractivity contribution in [2.24, 2.45) is 0 Å². The second-order valence-corrected chi connectivity index (χ2v) is 5.98. The van der Waals surface area contributed by atoms with Crippen LogP contribution in [-0.4, -0.2) is 22.6 Å². The van der Waals surface area contributed by atoms with Gasteiger partial charge in [0.05, 0.1) is 22.2 Å². The highest BCUT2D eigenvalue weighted by atomic mass is 28.2. The average molecular weight is 234 g/mol. The third-order valence-electron chi connectivity index (χ3n) is 2.95. The van der Waals surface area contributed by atoms with Crippen LogP contribution in [0, 0.1) is 13.8 Å². The molecule has 0 radical (unpaired) electrons. The van der Waals surface area contributed by atoms with E-state index in [1.807, 2.05) is 6.07 Å². The van der Waals surface area contributed by atoms with Gasteiger partial charge in [-0.2, -0.15) is 0 Å². The fourth-order valence-corrected chi connectivity index (χ4v) is 3.52. The van der Waals surface area contributed by atoms with Crippen LogP contribution in [0.1, 0.15) is 11.1 Å². The Bertz CT molecular complexity index is 399. The summed E-state index contributed by atoms with van der Waals surface area (Å²) in [7, 11) is 0.728. The van der Waals surface area contributed by atoms with Crippen LogP contribution in [0.2, 0.25) is 5.54 Å². The minimum atomic E-state index is -0.699. The molecular formula is C13H18O2Si. The highest BCUT2D eigenvalue weighted by Gasteiger charge is 2.17. The molecule has 0 N–H and O–H groups in total. The fraction of sp³-hybridized carbons (Fsp3) is 0.308. The van der Waals surface area contributed by atoms with Gasteiger partial charge in [-0.05, 0) is 25.0 Å². The molecule has 1 rings (SSSR count). The highest BCUT2D eigenvalue weighted by molar-refractivity contribution is 6.60. The van der Waals surface area contributed by atoms with Crippen LogP contribution in [0.4, 0.5) is 0 Å². The van der Waals surface area contributed by atoms with Gasteiger partial charge in [-0.25, -0.2) is 0 Å². The number of rotatable bonds is 4. The quantitative estimate of drug-likeness (QED) is 0.445. The van der Waals surface area contributed by atoms with Gasteiger partial charge in [-0.3, -0.25) is 4.79 Å². The summed E-state index contributed by atoms with van der Waals surface area (Å²) in [6.07, 6.45) is 1.71. The van der Waals surface area contributed by atoms with E-state index in [1.165, 1.54) is 23.4 Å². The summed E-state index contributed by atoms with van der Waals surface area (Å²) in [6, 6.07) is 6.24. The molecule has 86 valence electrons. The third kappa shape index (κ3) is 2.82. The molecule has 0 aromatic heterocycles. The molecule has 0 saturated heterocycles. The van der Waals surface area contributed by atoms with E-state index >= 15 is 0 Å². The maximum Gasteiger partial charge on any atom is 0.309 e. The summed E-state index contributed by atoms with van der Waals surface area (Å²) < 4.78 is 4.77. The molecule has 0 saturated carbocycles. The standard InChI is InChI=1S/C13H18O2Si/c1-5-11(13(14)15-4)16-12-8-6-7-9(2)10(12)3/h5-8,11H,1,16H2,2-4H3. The van der Waals surface area contributed by atoms with Crippen molar-refractivity contribution >= 4 is 20.7 Å². The number of ether oxygens (including phenoxy) is 1. The zero-order valence-corrected chi connectivity index (χ0v) is 11.5. The Morgan fingerprint density at radius 2 is 2.19 bits per heavy atom. The molecule has 1 unspecified atom stereocenters. The summed E-state index contributed by atoms with van der Waals surface area (Å²) in [5, 5.41) is 1.32. The minimum Gasteiger partial charge on any atom is -0.469 e. The molecule has 0 spiro atoms. The monoisotopic (exact) mass is 234 g/mol. The Morgan fingerprint density at radius 1 is 1.50 bits per heavy atom. The fourth-order valence-electron chi connectivity index (χ4n) is 1.68. The summed E-state index contributed by atoms with van der Waals surface area (Å²) >= 11 is 0. The molecule has 0 fully saturated rings. The number of carbonyl (C=O) groups is 1. The molecular weight excluding hydrogens is 216 g/mol. The van der Waals surface area contributed by atoms with Gasteiger partial charge >= 0.3 is 5.97 Å². The lowest BCUT2D eigenvalue weighted by Crippen LogP contribution is -2.27. The van der Waals surface area contributed by atoms with Gasteiger partial charge in [0.15, 0.2) is 0 Å². The van der Waals surface area contributed by atoms with Gasteiger partial charge in [-0.15, -0.1) is 6.58 Å². The van der Waals surface area contributed by atoms with E-state index in [2.05, 4.69) is 32.6 Å². The van der Waals surface area contributed by atoms with Crippen LogP contribution >= 0.6 is 0 Å². The molecule has 0 amide bonds. The van der Waals surface area contributed by atoms with Gasteiger partial charge in [0.25, 0.3) is 0 Å². The molecule has 1 aromatic carbocycles. The number of hydrogen-bond donors (Lipinski definition) is 0. The molecule has 0 aliphatic heterocycles. The number of esters is 1. The van der Waals surface area contributed by atoms with Crippen LogP contribution in [0.3, 0.4) is 0 Å². The first-order chi connectivity index (χ1) is 7.60. The van der Waals surface area contributed by atoms with Crippen LogP contribution in [0.15, 0.2) is 30.9 Å². The van der Waals surface area contributed by atoms with Crippen LogP contribution in [0.25, 0.3) is 0 Å². The van der Waals surface area contributed by atoms with Crippen LogP contribution in [-0.2, 0) is 9.53 Å². The Balaban J connectivity index is 2.90. The SMILES string of the molecule is C=CC([SiH2]c1cccc(C)c1C)C(=O)OC. The molecule has 0 aliphatic rings. The molecule has 0 aliphatic carbocycles. The van der Waals surface area contributed by atoms with Crippen molar-refractivity contribution in [2.75, 3.05) is 7.11 Å². The topological polar surface area (TPSA) is 26.3 Å². The number of hydrogen-bond acceptors (Lipinski definition) is 2. The maximum absolute atomic E-state index is 11.5. The minimum absolute atomic E-state index is 0.120. The van der Waals surface area contributed by atoms with Crippen molar-refractivity contribution in [1.29, 1.82) is 0 Å². The zero-order valence-electron chi connectivity index (χ0n) is 10.1. The van der Waals surface area contributed by atoms with E-state index in [0.717, 1.165) is 0 Å². The van der Waals surface area contributed by atoms with Crippen LogP contribution in [0.5, 0.6) is 0 Å². The number of benzene rings is 1.